The Morgan fingerprint density at radius 2 is 2.00 bits per heavy atom. The molecule has 0 saturated heterocycles. The van der Waals surface area contributed by atoms with Gasteiger partial charge in [-0.3, -0.25) is 0 Å². The van der Waals surface area contributed by atoms with Crippen LogP contribution in [0.25, 0.3) is 0 Å². The molecule has 0 bridgehead atoms. The Balaban J connectivity index is 2.53. The minimum Gasteiger partial charge on any atom is -0.495 e. The van der Waals surface area contributed by atoms with E-state index in [0.29, 0.717) is 6.54 Å². The predicted octanol–water partition coefficient (Wildman–Crippen LogP) is 3.43. The third kappa shape index (κ3) is 2.16. The molecule has 0 radical (unpaired) electrons. The quantitative estimate of drug-likeness (QED) is 0.896. The zero-order valence-electron chi connectivity index (χ0n) is 10.6. The molecule has 17 heavy (non-hydrogen) atoms. The van der Waals surface area contributed by atoms with E-state index in [4.69, 9.17) is 22.1 Å². The molecule has 2 rings (SSSR count). The van der Waals surface area contributed by atoms with E-state index in [2.05, 4.69) is 13.0 Å². The van der Waals surface area contributed by atoms with Gasteiger partial charge in [0.25, 0.3) is 0 Å². The molecule has 0 spiro atoms. The lowest BCUT2D eigenvalue weighted by Gasteiger charge is -2.30. The highest BCUT2D eigenvalue weighted by Crippen LogP contribution is 2.45. The fourth-order valence-corrected chi connectivity index (χ4v) is 3.29. The lowest BCUT2D eigenvalue weighted by atomic mass is 9.78. The average molecular weight is 254 g/mol. The summed E-state index contributed by atoms with van der Waals surface area (Å²) in [6.45, 7) is 2.74. The Labute approximate surface area is 108 Å². The van der Waals surface area contributed by atoms with Gasteiger partial charge in [-0.25, -0.2) is 0 Å². The number of methoxy groups -OCH3 is 1. The third-order valence-corrected chi connectivity index (χ3v) is 4.32. The van der Waals surface area contributed by atoms with E-state index in [9.17, 15) is 0 Å². The number of benzene rings is 1. The first-order valence-electron chi connectivity index (χ1n) is 6.17. The molecule has 0 unspecified atom stereocenters. The molecule has 2 nitrogen and oxygen atoms in total. The fraction of sp³-hybridized carbons (Fsp3) is 0.571. The van der Waals surface area contributed by atoms with Gasteiger partial charge in [0.15, 0.2) is 0 Å². The van der Waals surface area contributed by atoms with Crippen LogP contribution in [0, 0.1) is 6.92 Å². The monoisotopic (exact) mass is 253 g/mol. The van der Waals surface area contributed by atoms with Crippen molar-refractivity contribution >= 4 is 11.6 Å². The third-order valence-electron chi connectivity index (χ3n) is 3.93. The van der Waals surface area contributed by atoms with Crippen LogP contribution in [0.5, 0.6) is 5.75 Å². The summed E-state index contributed by atoms with van der Waals surface area (Å²) in [6, 6.07) is 4.15. The fourth-order valence-electron chi connectivity index (χ4n) is 2.91. The standard InChI is InChI=1S/C14H20ClNO/c1-10-7-11(13(15)12(8-10)17-2)14(9-16)5-3-4-6-14/h7-8H,3-6,9,16H2,1-2H3. The van der Waals surface area contributed by atoms with Gasteiger partial charge < -0.3 is 10.5 Å². The molecule has 1 aliphatic rings. The van der Waals surface area contributed by atoms with Crippen LogP contribution in [0.3, 0.4) is 0 Å². The largest absolute Gasteiger partial charge is 0.495 e. The predicted molar refractivity (Wildman–Crippen MR) is 71.9 cm³/mol. The summed E-state index contributed by atoms with van der Waals surface area (Å²) in [6.07, 6.45) is 4.75. The molecular formula is C14H20ClNO. The highest BCUT2D eigenvalue weighted by Gasteiger charge is 2.36. The Kier molecular flexibility index (Phi) is 3.64. The van der Waals surface area contributed by atoms with Crippen LogP contribution in [-0.2, 0) is 5.41 Å². The smallest absolute Gasteiger partial charge is 0.138 e. The highest BCUT2D eigenvalue weighted by atomic mass is 35.5. The lowest BCUT2D eigenvalue weighted by Crippen LogP contribution is -2.32. The van der Waals surface area contributed by atoms with E-state index in [1.807, 2.05) is 6.07 Å². The van der Waals surface area contributed by atoms with Crippen LogP contribution >= 0.6 is 11.6 Å². The Bertz CT molecular complexity index is 411. The Hall–Kier alpha value is -0.730. The molecule has 1 aromatic carbocycles. The first-order chi connectivity index (χ1) is 8.13. The van der Waals surface area contributed by atoms with Crippen molar-refractivity contribution in [2.75, 3.05) is 13.7 Å². The second kappa shape index (κ2) is 4.87. The summed E-state index contributed by atoms with van der Waals surface area (Å²) in [7, 11) is 1.66. The number of ether oxygens (including phenoxy) is 1. The summed E-state index contributed by atoms with van der Waals surface area (Å²) < 4.78 is 5.34. The normalized spacial score (nSPS) is 18.4. The molecule has 94 valence electrons. The van der Waals surface area contributed by atoms with Gasteiger partial charge in [-0.15, -0.1) is 0 Å². The van der Waals surface area contributed by atoms with Crippen LogP contribution in [0.4, 0.5) is 0 Å². The number of aryl methyl sites for hydroxylation is 1. The molecular weight excluding hydrogens is 234 g/mol. The van der Waals surface area contributed by atoms with Gasteiger partial charge >= 0.3 is 0 Å². The van der Waals surface area contributed by atoms with Crippen molar-refractivity contribution in [2.24, 2.45) is 5.73 Å². The summed E-state index contributed by atoms with van der Waals surface area (Å²) in [4.78, 5) is 0. The summed E-state index contributed by atoms with van der Waals surface area (Å²) in [5.74, 6) is 0.765. The highest BCUT2D eigenvalue weighted by molar-refractivity contribution is 6.33. The van der Waals surface area contributed by atoms with E-state index < -0.39 is 0 Å². The van der Waals surface area contributed by atoms with Crippen molar-refractivity contribution in [3.63, 3.8) is 0 Å². The van der Waals surface area contributed by atoms with Gasteiger partial charge in [0, 0.05) is 12.0 Å². The zero-order chi connectivity index (χ0) is 12.5. The number of rotatable bonds is 3. The number of hydrogen-bond acceptors (Lipinski definition) is 2. The SMILES string of the molecule is COc1cc(C)cc(C2(CN)CCCC2)c1Cl. The molecule has 1 fully saturated rings. The van der Waals surface area contributed by atoms with Gasteiger partial charge in [0.05, 0.1) is 12.1 Å². The number of halogens is 1. The first kappa shape index (κ1) is 12.7. The molecule has 1 aromatic rings. The number of hydrogen-bond donors (Lipinski definition) is 1. The summed E-state index contributed by atoms with van der Waals surface area (Å²) >= 11 is 6.45. The topological polar surface area (TPSA) is 35.2 Å². The minimum absolute atomic E-state index is 0.0659. The second-order valence-corrected chi connectivity index (χ2v) is 5.40. The second-order valence-electron chi connectivity index (χ2n) is 5.02. The van der Waals surface area contributed by atoms with Crippen LogP contribution in [0.2, 0.25) is 5.02 Å². The molecule has 1 saturated carbocycles. The molecule has 3 heteroatoms. The maximum absolute atomic E-state index is 6.45. The van der Waals surface area contributed by atoms with Crippen molar-refractivity contribution < 1.29 is 4.74 Å². The van der Waals surface area contributed by atoms with E-state index in [0.717, 1.165) is 23.6 Å². The average Bonchev–Trinajstić information content (AvgIpc) is 2.81. The van der Waals surface area contributed by atoms with E-state index in [1.165, 1.54) is 24.0 Å². The van der Waals surface area contributed by atoms with Crippen LogP contribution in [-0.4, -0.2) is 13.7 Å². The van der Waals surface area contributed by atoms with Gasteiger partial charge in [0.2, 0.25) is 0 Å². The van der Waals surface area contributed by atoms with Crippen LogP contribution < -0.4 is 10.5 Å². The van der Waals surface area contributed by atoms with Gasteiger partial charge in [0.1, 0.15) is 5.75 Å². The van der Waals surface area contributed by atoms with Crippen molar-refractivity contribution in [3.05, 3.63) is 28.3 Å². The Morgan fingerprint density at radius 1 is 1.35 bits per heavy atom. The summed E-state index contributed by atoms with van der Waals surface area (Å²) in [5, 5.41) is 0.741. The molecule has 0 aliphatic heterocycles. The molecule has 0 heterocycles. The van der Waals surface area contributed by atoms with Gasteiger partial charge in [-0.1, -0.05) is 30.5 Å². The van der Waals surface area contributed by atoms with Crippen LogP contribution in [0.15, 0.2) is 12.1 Å². The molecule has 0 aromatic heterocycles. The molecule has 0 amide bonds. The van der Waals surface area contributed by atoms with E-state index in [1.54, 1.807) is 7.11 Å². The van der Waals surface area contributed by atoms with Gasteiger partial charge in [-0.2, -0.15) is 0 Å². The Morgan fingerprint density at radius 3 is 2.53 bits per heavy atom. The molecule has 1 aliphatic carbocycles. The molecule has 0 atom stereocenters. The first-order valence-corrected chi connectivity index (χ1v) is 6.55. The van der Waals surface area contributed by atoms with Crippen molar-refractivity contribution in [1.29, 1.82) is 0 Å². The van der Waals surface area contributed by atoms with Crippen molar-refractivity contribution in [2.45, 2.75) is 38.0 Å². The maximum Gasteiger partial charge on any atom is 0.138 e. The van der Waals surface area contributed by atoms with Crippen LogP contribution in [0.1, 0.15) is 36.8 Å². The minimum atomic E-state index is 0.0659. The van der Waals surface area contributed by atoms with Crippen molar-refractivity contribution in [1.82, 2.24) is 0 Å². The molecule has 2 N–H and O–H groups in total. The zero-order valence-corrected chi connectivity index (χ0v) is 11.3. The maximum atomic E-state index is 6.45. The summed E-state index contributed by atoms with van der Waals surface area (Å²) in [5.41, 5.74) is 8.44. The van der Waals surface area contributed by atoms with Crippen molar-refractivity contribution in [3.8, 4) is 5.75 Å². The van der Waals surface area contributed by atoms with E-state index >= 15 is 0 Å². The number of nitrogens with two attached hydrogens (primary N) is 1. The lowest BCUT2D eigenvalue weighted by molar-refractivity contribution is 0.407. The van der Waals surface area contributed by atoms with E-state index in [-0.39, 0.29) is 5.41 Å². The van der Waals surface area contributed by atoms with Gasteiger partial charge in [-0.05, 0) is 37.0 Å².